The number of carbonyl (C=O) groups is 1. The van der Waals surface area contributed by atoms with E-state index < -0.39 is 0 Å². The maximum atomic E-state index is 12.6. The molecule has 1 aromatic heterocycles. The molecule has 2 heterocycles. The van der Waals surface area contributed by atoms with Crippen LogP contribution < -0.4 is 19.7 Å². The number of quaternary nitrogens is 1. The summed E-state index contributed by atoms with van der Waals surface area (Å²) in [6, 6.07) is 9.18. The fourth-order valence-corrected chi connectivity index (χ4v) is 3.35. The molecular weight excluding hydrogens is 320 g/mol. The van der Waals surface area contributed by atoms with Crippen LogP contribution in [0, 0.1) is 0 Å². The molecular formula is C19H25N2O4+. The molecule has 25 heavy (non-hydrogen) atoms. The molecule has 1 aromatic carbocycles. The van der Waals surface area contributed by atoms with Crippen LogP contribution in [-0.4, -0.2) is 39.8 Å². The smallest absolute Gasteiger partial charge is 0.251 e. The summed E-state index contributed by atoms with van der Waals surface area (Å²) in [6.45, 7) is 2.74. The summed E-state index contributed by atoms with van der Waals surface area (Å²) in [5.41, 5.74) is 0.519. The molecule has 2 aromatic rings. The SMILES string of the molecule is COc1cc(OC)cc(C(=O)NC[C@@H](c2ccco2)[NH+]2CCCC2)c1. The summed E-state index contributed by atoms with van der Waals surface area (Å²) < 4.78 is 16.1. The van der Waals surface area contributed by atoms with Crippen LogP contribution in [0.1, 0.15) is 35.0 Å². The first kappa shape index (κ1) is 17.4. The van der Waals surface area contributed by atoms with Gasteiger partial charge in [-0.1, -0.05) is 0 Å². The maximum Gasteiger partial charge on any atom is 0.251 e. The van der Waals surface area contributed by atoms with Gasteiger partial charge in [0.2, 0.25) is 0 Å². The molecule has 0 radical (unpaired) electrons. The summed E-state index contributed by atoms with van der Waals surface area (Å²) in [6.07, 6.45) is 4.12. The maximum absolute atomic E-state index is 12.6. The molecule has 0 unspecified atom stereocenters. The van der Waals surface area contributed by atoms with Crippen LogP contribution in [0.4, 0.5) is 0 Å². The van der Waals surface area contributed by atoms with Crippen LogP contribution in [0.5, 0.6) is 11.5 Å². The molecule has 1 saturated heterocycles. The molecule has 134 valence electrons. The van der Waals surface area contributed by atoms with Crippen molar-refractivity contribution in [3.05, 3.63) is 47.9 Å². The molecule has 3 rings (SSSR count). The third kappa shape index (κ3) is 4.14. The Kier molecular flexibility index (Phi) is 5.60. The minimum absolute atomic E-state index is 0.133. The van der Waals surface area contributed by atoms with Gasteiger partial charge >= 0.3 is 0 Å². The Balaban J connectivity index is 1.71. The normalized spacial score (nSPS) is 15.8. The van der Waals surface area contributed by atoms with Crippen molar-refractivity contribution in [2.45, 2.75) is 18.9 Å². The Morgan fingerprint density at radius 1 is 1.20 bits per heavy atom. The van der Waals surface area contributed by atoms with Gasteiger partial charge in [0.05, 0.1) is 40.1 Å². The van der Waals surface area contributed by atoms with Crippen molar-refractivity contribution in [3.63, 3.8) is 0 Å². The third-order valence-electron chi connectivity index (χ3n) is 4.71. The van der Waals surface area contributed by atoms with Crippen molar-refractivity contribution in [1.29, 1.82) is 0 Å². The number of carbonyl (C=O) groups excluding carboxylic acids is 1. The van der Waals surface area contributed by atoms with E-state index in [1.807, 2.05) is 12.1 Å². The van der Waals surface area contributed by atoms with Crippen molar-refractivity contribution in [2.75, 3.05) is 33.9 Å². The van der Waals surface area contributed by atoms with E-state index in [0.29, 0.717) is 23.6 Å². The minimum Gasteiger partial charge on any atom is -0.497 e. The van der Waals surface area contributed by atoms with Gasteiger partial charge in [-0.3, -0.25) is 4.79 Å². The van der Waals surface area contributed by atoms with Crippen LogP contribution in [-0.2, 0) is 0 Å². The van der Waals surface area contributed by atoms with Gasteiger partial charge in [-0.2, -0.15) is 0 Å². The molecule has 0 aliphatic carbocycles. The van der Waals surface area contributed by atoms with Gasteiger partial charge in [-0.25, -0.2) is 0 Å². The van der Waals surface area contributed by atoms with Crippen molar-refractivity contribution in [2.24, 2.45) is 0 Å². The van der Waals surface area contributed by atoms with Crippen molar-refractivity contribution in [1.82, 2.24) is 5.32 Å². The lowest BCUT2D eigenvalue weighted by Crippen LogP contribution is -3.11. The fraction of sp³-hybridized carbons (Fsp3) is 0.421. The van der Waals surface area contributed by atoms with E-state index in [-0.39, 0.29) is 11.9 Å². The Morgan fingerprint density at radius 3 is 2.44 bits per heavy atom. The molecule has 0 saturated carbocycles. The lowest BCUT2D eigenvalue weighted by atomic mass is 10.1. The molecule has 1 fully saturated rings. The Bertz CT molecular complexity index is 671. The predicted octanol–water partition coefficient (Wildman–Crippen LogP) is 1.45. The second kappa shape index (κ2) is 8.07. The summed E-state index contributed by atoms with van der Waals surface area (Å²) in [5, 5.41) is 3.04. The topological polar surface area (TPSA) is 65.1 Å². The number of amides is 1. The van der Waals surface area contributed by atoms with Crippen molar-refractivity contribution in [3.8, 4) is 11.5 Å². The highest BCUT2D eigenvalue weighted by atomic mass is 16.5. The number of hydrogen-bond donors (Lipinski definition) is 2. The number of likely N-dealkylation sites (tertiary alicyclic amines) is 1. The number of nitrogens with one attached hydrogen (secondary N) is 2. The lowest BCUT2D eigenvalue weighted by Gasteiger charge is -2.23. The van der Waals surface area contributed by atoms with Crippen molar-refractivity contribution >= 4 is 5.91 Å². The first-order valence-corrected chi connectivity index (χ1v) is 8.60. The molecule has 1 amide bonds. The highest BCUT2D eigenvalue weighted by Gasteiger charge is 2.29. The summed E-state index contributed by atoms with van der Waals surface area (Å²) in [4.78, 5) is 14.1. The zero-order valence-corrected chi connectivity index (χ0v) is 14.7. The van der Waals surface area contributed by atoms with Gasteiger partial charge in [0.25, 0.3) is 5.91 Å². The molecule has 2 N–H and O–H groups in total. The van der Waals surface area contributed by atoms with Crippen LogP contribution in [0.2, 0.25) is 0 Å². The number of hydrogen-bond acceptors (Lipinski definition) is 4. The standard InChI is InChI=1S/C19H24N2O4/c1-23-15-10-14(11-16(12-15)24-2)19(22)20-13-17(18-6-5-9-25-18)21-7-3-4-8-21/h5-6,9-12,17H,3-4,7-8,13H2,1-2H3,(H,20,22)/p+1/t17-/m0/s1. The summed E-state index contributed by atoms with van der Waals surface area (Å²) in [7, 11) is 3.14. The first-order chi connectivity index (χ1) is 12.2. The number of furan rings is 1. The van der Waals surface area contributed by atoms with Crippen LogP contribution in [0.3, 0.4) is 0 Å². The van der Waals surface area contributed by atoms with Crippen LogP contribution in [0.25, 0.3) is 0 Å². The number of benzene rings is 1. The first-order valence-electron chi connectivity index (χ1n) is 8.60. The summed E-state index contributed by atoms with van der Waals surface area (Å²) >= 11 is 0. The van der Waals surface area contributed by atoms with E-state index in [2.05, 4.69) is 5.32 Å². The Hall–Kier alpha value is -2.47. The average Bonchev–Trinajstić information content (AvgIpc) is 3.35. The molecule has 0 bridgehead atoms. The van der Waals surface area contributed by atoms with Gasteiger partial charge < -0.3 is 24.1 Å². The molecule has 1 atom stereocenters. The number of rotatable bonds is 7. The van der Waals surface area contributed by atoms with Crippen LogP contribution in [0.15, 0.2) is 41.0 Å². The average molecular weight is 345 g/mol. The number of ether oxygens (including phenoxy) is 2. The Labute approximate surface area is 147 Å². The Morgan fingerprint density at radius 2 is 1.88 bits per heavy atom. The lowest BCUT2D eigenvalue weighted by molar-refractivity contribution is -0.919. The van der Waals surface area contributed by atoms with Gasteiger partial charge in [-0.05, 0) is 24.3 Å². The van der Waals surface area contributed by atoms with E-state index in [4.69, 9.17) is 13.9 Å². The quantitative estimate of drug-likeness (QED) is 0.797. The zero-order valence-electron chi connectivity index (χ0n) is 14.7. The van der Waals surface area contributed by atoms with Gasteiger partial charge in [0.1, 0.15) is 11.5 Å². The summed E-state index contributed by atoms with van der Waals surface area (Å²) in [5.74, 6) is 1.96. The van der Waals surface area contributed by atoms with Gasteiger partial charge in [0, 0.05) is 24.5 Å². The van der Waals surface area contributed by atoms with E-state index in [9.17, 15) is 4.79 Å². The number of methoxy groups -OCH3 is 2. The second-order valence-corrected chi connectivity index (χ2v) is 6.24. The van der Waals surface area contributed by atoms with E-state index in [1.54, 1.807) is 38.7 Å². The second-order valence-electron chi connectivity index (χ2n) is 6.24. The molecule has 6 nitrogen and oxygen atoms in total. The molecule has 1 aliphatic heterocycles. The van der Waals surface area contributed by atoms with E-state index in [0.717, 1.165) is 18.8 Å². The van der Waals surface area contributed by atoms with Gasteiger partial charge in [-0.15, -0.1) is 0 Å². The predicted molar refractivity (Wildman–Crippen MR) is 93.3 cm³/mol. The van der Waals surface area contributed by atoms with E-state index in [1.165, 1.54) is 17.7 Å². The molecule has 6 heteroatoms. The largest absolute Gasteiger partial charge is 0.497 e. The monoisotopic (exact) mass is 345 g/mol. The molecule has 0 spiro atoms. The zero-order chi connectivity index (χ0) is 17.6. The highest BCUT2D eigenvalue weighted by molar-refractivity contribution is 5.95. The van der Waals surface area contributed by atoms with Crippen LogP contribution >= 0.6 is 0 Å². The minimum atomic E-state index is -0.146. The highest BCUT2D eigenvalue weighted by Crippen LogP contribution is 2.22. The molecule has 1 aliphatic rings. The third-order valence-corrected chi connectivity index (χ3v) is 4.71. The van der Waals surface area contributed by atoms with E-state index >= 15 is 0 Å². The van der Waals surface area contributed by atoms with Gasteiger partial charge in [0.15, 0.2) is 11.8 Å². The van der Waals surface area contributed by atoms with Crippen molar-refractivity contribution < 1.29 is 23.6 Å². The fourth-order valence-electron chi connectivity index (χ4n) is 3.35.